The molecule has 3 nitrogen and oxygen atoms in total. The van der Waals surface area contributed by atoms with Crippen LogP contribution >= 0.6 is 12.4 Å². The third-order valence-corrected chi connectivity index (χ3v) is 3.50. The summed E-state index contributed by atoms with van der Waals surface area (Å²) in [7, 11) is 0. The number of nitrogens with zero attached hydrogens (tertiary/aromatic N) is 2. The van der Waals surface area contributed by atoms with Gasteiger partial charge in [0.15, 0.2) is 0 Å². The first kappa shape index (κ1) is 15.4. The van der Waals surface area contributed by atoms with Crippen LogP contribution in [0.5, 0.6) is 0 Å². The summed E-state index contributed by atoms with van der Waals surface area (Å²) in [6.45, 7) is 7.90. The Balaban J connectivity index is 0.00000162. The van der Waals surface area contributed by atoms with Crippen LogP contribution in [0.1, 0.15) is 25.5 Å². The van der Waals surface area contributed by atoms with Gasteiger partial charge in [0.25, 0.3) is 0 Å². The fourth-order valence-electron chi connectivity index (χ4n) is 2.42. The Bertz CT molecular complexity index is 310. The van der Waals surface area contributed by atoms with Crippen LogP contribution in [0.15, 0.2) is 24.4 Å². The summed E-state index contributed by atoms with van der Waals surface area (Å²) in [6, 6.07) is 6.16. The largest absolute Gasteiger partial charge is 0.317 e. The van der Waals surface area contributed by atoms with Gasteiger partial charge in [-0.3, -0.25) is 9.88 Å². The smallest absolute Gasteiger partial charge is 0.0543 e. The van der Waals surface area contributed by atoms with E-state index in [2.05, 4.69) is 34.3 Å². The van der Waals surface area contributed by atoms with Crippen LogP contribution in [-0.4, -0.2) is 36.1 Å². The summed E-state index contributed by atoms with van der Waals surface area (Å²) in [4.78, 5) is 6.91. The molecular weight excluding hydrogens is 246 g/mol. The van der Waals surface area contributed by atoms with E-state index in [1.165, 1.54) is 38.2 Å². The van der Waals surface area contributed by atoms with Crippen molar-refractivity contribution in [3.63, 3.8) is 0 Å². The third kappa shape index (κ3) is 4.92. The normalized spacial score (nSPS) is 17.4. The van der Waals surface area contributed by atoms with Crippen LogP contribution < -0.4 is 5.32 Å². The lowest BCUT2D eigenvalue weighted by Crippen LogP contribution is -2.37. The second-order valence-corrected chi connectivity index (χ2v) is 4.85. The molecule has 102 valence electrons. The first-order valence-electron chi connectivity index (χ1n) is 6.71. The number of rotatable bonds is 5. The molecule has 0 aliphatic carbocycles. The standard InChI is InChI=1S/C14H23N3.ClH/c1-2-15-11-13-6-9-17(10-7-13)12-14-5-3-4-8-16-14;/h3-5,8,13,15H,2,6-7,9-12H2,1H3;1H. The molecule has 0 bridgehead atoms. The van der Waals surface area contributed by atoms with E-state index in [0.717, 1.165) is 19.0 Å². The fraction of sp³-hybridized carbons (Fsp3) is 0.643. The first-order chi connectivity index (χ1) is 8.38. The Morgan fingerprint density at radius 3 is 2.72 bits per heavy atom. The Morgan fingerprint density at radius 2 is 2.11 bits per heavy atom. The summed E-state index contributed by atoms with van der Waals surface area (Å²) in [5, 5.41) is 3.45. The molecule has 0 saturated carbocycles. The molecule has 1 N–H and O–H groups in total. The maximum absolute atomic E-state index is 4.39. The minimum absolute atomic E-state index is 0. The summed E-state index contributed by atoms with van der Waals surface area (Å²) >= 11 is 0. The lowest BCUT2D eigenvalue weighted by molar-refractivity contribution is 0.174. The number of hydrogen-bond donors (Lipinski definition) is 1. The predicted molar refractivity (Wildman–Crippen MR) is 78.0 cm³/mol. The molecule has 1 aliphatic rings. The number of hydrogen-bond acceptors (Lipinski definition) is 3. The van der Waals surface area contributed by atoms with E-state index in [1.54, 1.807) is 0 Å². The SMILES string of the molecule is CCNCC1CCN(Cc2ccccn2)CC1.Cl. The van der Waals surface area contributed by atoms with E-state index in [0.29, 0.717) is 0 Å². The van der Waals surface area contributed by atoms with E-state index in [4.69, 9.17) is 0 Å². The van der Waals surface area contributed by atoms with Gasteiger partial charge in [-0.15, -0.1) is 12.4 Å². The highest BCUT2D eigenvalue weighted by atomic mass is 35.5. The summed E-state index contributed by atoms with van der Waals surface area (Å²) in [5.74, 6) is 0.870. The second-order valence-electron chi connectivity index (χ2n) is 4.85. The average Bonchev–Trinajstić information content (AvgIpc) is 2.39. The first-order valence-corrected chi connectivity index (χ1v) is 6.71. The number of aromatic nitrogens is 1. The van der Waals surface area contributed by atoms with E-state index < -0.39 is 0 Å². The molecule has 0 amide bonds. The van der Waals surface area contributed by atoms with Crippen LogP contribution in [0.25, 0.3) is 0 Å². The average molecular weight is 270 g/mol. The van der Waals surface area contributed by atoms with Gasteiger partial charge in [-0.05, 0) is 57.1 Å². The Labute approximate surface area is 116 Å². The molecule has 2 rings (SSSR count). The topological polar surface area (TPSA) is 28.2 Å². The maximum atomic E-state index is 4.39. The van der Waals surface area contributed by atoms with Crippen LogP contribution in [0, 0.1) is 5.92 Å². The Hall–Kier alpha value is -0.640. The lowest BCUT2D eigenvalue weighted by Gasteiger charge is -2.31. The molecule has 1 saturated heterocycles. The van der Waals surface area contributed by atoms with Crippen molar-refractivity contribution in [1.29, 1.82) is 0 Å². The van der Waals surface area contributed by atoms with Gasteiger partial charge in [-0.25, -0.2) is 0 Å². The summed E-state index contributed by atoms with van der Waals surface area (Å²) < 4.78 is 0. The highest BCUT2D eigenvalue weighted by Crippen LogP contribution is 2.17. The Morgan fingerprint density at radius 1 is 1.33 bits per heavy atom. The molecule has 0 radical (unpaired) electrons. The number of piperidine rings is 1. The molecule has 2 heterocycles. The lowest BCUT2D eigenvalue weighted by atomic mass is 9.96. The number of likely N-dealkylation sites (tertiary alicyclic amines) is 1. The van der Waals surface area contributed by atoms with Gasteiger partial charge in [0, 0.05) is 12.7 Å². The van der Waals surface area contributed by atoms with Crippen molar-refractivity contribution < 1.29 is 0 Å². The zero-order chi connectivity index (χ0) is 11.9. The molecule has 0 unspecified atom stereocenters. The van der Waals surface area contributed by atoms with E-state index in [9.17, 15) is 0 Å². The van der Waals surface area contributed by atoms with Crippen LogP contribution in [0.3, 0.4) is 0 Å². The van der Waals surface area contributed by atoms with Crippen molar-refractivity contribution in [2.75, 3.05) is 26.2 Å². The molecule has 1 aromatic rings. The molecule has 18 heavy (non-hydrogen) atoms. The van der Waals surface area contributed by atoms with Crippen molar-refractivity contribution in [3.05, 3.63) is 30.1 Å². The van der Waals surface area contributed by atoms with E-state index >= 15 is 0 Å². The zero-order valence-electron chi connectivity index (χ0n) is 11.1. The summed E-state index contributed by atoms with van der Waals surface area (Å²) in [6.07, 6.45) is 4.52. The third-order valence-electron chi connectivity index (χ3n) is 3.50. The quantitative estimate of drug-likeness (QED) is 0.889. The Kier molecular flexibility index (Phi) is 7.25. The van der Waals surface area contributed by atoms with Crippen LogP contribution in [0.2, 0.25) is 0 Å². The van der Waals surface area contributed by atoms with Gasteiger partial charge in [-0.1, -0.05) is 13.0 Å². The van der Waals surface area contributed by atoms with Gasteiger partial charge in [0.05, 0.1) is 5.69 Å². The highest BCUT2D eigenvalue weighted by Gasteiger charge is 2.18. The van der Waals surface area contributed by atoms with Crippen molar-refractivity contribution in [2.24, 2.45) is 5.92 Å². The minimum atomic E-state index is 0. The molecule has 0 spiro atoms. The minimum Gasteiger partial charge on any atom is -0.317 e. The molecule has 1 aromatic heterocycles. The zero-order valence-corrected chi connectivity index (χ0v) is 12.0. The fourth-order valence-corrected chi connectivity index (χ4v) is 2.42. The van der Waals surface area contributed by atoms with Gasteiger partial charge in [-0.2, -0.15) is 0 Å². The van der Waals surface area contributed by atoms with Gasteiger partial charge in [0.1, 0.15) is 0 Å². The van der Waals surface area contributed by atoms with Gasteiger partial charge >= 0.3 is 0 Å². The summed E-state index contributed by atoms with van der Waals surface area (Å²) in [5.41, 5.74) is 1.19. The van der Waals surface area contributed by atoms with Crippen molar-refractivity contribution in [2.45, 2.75) is 26.3 Å². The number of halogens is 1. The van der Waals surface area contributed by atoms with E-state index in [-0.39, 0.29) is 12.4 Å². The molecule has 0 aromatic carbocycles. The predicted octanol–water partition coefficient (Wildman–Crippen LogP) is 2.32. The maximum Gasteiger partial charge on any atom is 0.0543 e. The monoisotopic (exact) mass is 269 g/mol. The van der Waals surface area contributed by atoms with Gasteiger partial charge < -0.3 is 5.32 Å². The van der Waals surface area contributed by atoms with E-state index in [1.807, 2.05) is 12.3 Å². The van der Waals surface area contributed by atoms with Crippen molar-refractivity contribution in [1.82, 2.24) is 15.2 Å². The molecular formula is C14H24ClN3. The van der Waals surface area contributed by atoms with Crippen molar-refractivity contribution in [3.8, 4) is 0 Å². The number of pyridine rings is 1. The second kappa shape index (κ2) is 8.46. The molecule has 1 aliphatic heterocycles. The van der Waals surface area contributed by atoms with Crippen molar-refractivity contribution >= 4 is 12.4 Å². The molecule has 4 heteroatoms. The highest BCUT2D eigenvalue weighted by molar-refractivity contribution is 5.85. The molecule has 0 atom stereocenters. The van der Waals surface area contributed by atoms with Gasteiger partial charge in [0.2, 0.25) is 0 Å². The number of nitrogens with one attached hydrogen (secondary N) is 1. The molecule has 1 fully saturated rings. The van der Waals surface area contributed by atoms with Crippen LogP contribution in [-0.2, 0) is 6.54 Å². The van der Waals surface area contributed by atoms with Crippen LogP contribution in [0.4, 0.5) is 0 Å².